The number of nitrogens with one attached hydrogen (secondary N) is 3. The average molecular weight is 259 g/mol. The summed E-state index contributed by atoms with van der Waals surface area (Å²) >= 11 is 0. The molecule has 0 aromatic carbocycles. The first kappa shape index (κ1) is 16.2. The number of hydrazine groups is 1. The Morgan fingerprint density at radius 2 is 1.61 bits per heavy atom. The molecular formula is C11H21N3O4. The van der Waals surface area contributed by atoms with Crippen LogP contribution in [0.15, 0.2) is 0 Å². The fourth-order valence-electron chi connectivity index (χ4n) is 0.883. The van der Waals surface area contributed by atoms with Crippen LogP contribution in [0.4, 0.5) is 4.79 Å². The Hall–Kier alpha value is -1.79. The molecule has 0 saturated carbocycles. The molecule has 3 amide bonds. The van der Waals surface area contributed by atoms with Gasteiger partial charge in [0.15, 0.2) is 0 Å². The summed E-state index contributed by atoms with van der Waals surface area (Å²) < 4.78 is 4.98. The fourth-order valence-corrected chi connectivity index (χ4v) is 0.883. The van der Waals surface area contributed by atoms with E-state index in [-0.39, 0.29) is 31.2 Å². The number of hydrogen-bond acceptors (Lipinski definition) is 4. The molecule has 0 bridgehead atoms. The molecule has 0 aliphatic heterocycles. The molecule has 18 heavy (non-hydrogen) atoms. The predicted molar refractivity (Wildman–Crippen MR) is 65.4 cm³/mol. The lowest BCUT2D eigenvalue weighted by Gasteiger charge is -2.19. The minimum atomic E-state index is -0.576. The van der Waals surface area contributed by atoms with Crippen molar-refractivity contribution in [3.05, 3.63) is 0 Å². The van der Waals surface area contributed by atoms with Crippen LogP contribution in [0.2, 0.25) is 0 Å². The fraction of sp³-hybridized carbons (Fsp3) is 0.727. The maximum Gasteiger partial charge on any atom is 0.407 e. The molecule has 0 aliphatic rings. The Morgan fingerprint density at radius 3 is 2.11 bits per heavy atom. The number of amides is 3. The van der Waals surface area contributed by atoms with Gasteiger partial charge in [0, 0.05) is 19.4 Å². The van der Waals surface area contributed by atoms with E-state index < -0.39 is 11.7 Å². The molecule has 7 heteroatoms. The van der Waals surface area contributed by atoms with Crippen molar-refractivity contribution in [2.24, 2.45) is 0 Å². The third-order valence-electron chi connectivity index (χ3n) is 1.68. The summed E-state index contributed by atoms with van der Waals surface area (Å²) in [6.45, 7) is 7.06. The normalized spacial score (nSPS) is 10.4. The van der Waals surface area contributed by atoms with Crippen LogP contribution in [-0.2, 0) is 14.3 Å². The van der Waals surface area contributed by atoms with E-state index in [0.717, 1.165) is 0 Å². The smallest absolute Gasteiger partial charge is 0.407 e. The van der Waals surface area contributed by atoms with Crippen LogP contribution in [0.1, 0.15) is 40.5 Å². The second-order valence-corrected chi connectivity index (χ2v) is 4.63. The number of hydrogen-bond donors (Lipinski definition) is 3. The Kier molecular flexibility index (Phi) is 6.77. The predicted octanol–water partition coefficient (Wildman–Crippen LogP) is 0.459. The molecule has 0 spiro atoms. The van der Waals surface area contributed by atoms with Crippen LogP contribution in [0.25, 0.3) is 0 Å². The van der Waals surface area contributed by atoms with Crippen LogP contribution in [0.5, 0.6) is 0 Å². The zero-order valence-corrected chi connectivity index (χ0v) is 11.3. The van der Waals surface area contributed by atoms with E-state index in [1.165, 1.54) is 0 Å². The molecule has 3 N–H and O–H groups in total. The molecule has 0 saturated heterocycles. The van der Waals surface area contributed by atoms with Crippen molar-refractivity contribution in [1.29, 1.82) is 0 Å². The summed E-state index contributed by atoms with van der Waals surface area (Å²) in [4.78, 5) is 33.3. The molecule has 0 rings (SSSR count). The lowest BCUT2D eigenvalue weighted by molar-refractivity contribution is -0.128. The van der Waals surface area contributed by atoms with Crippen LogP contribution in [0.3, 0.4) is 0 Å². The van der Waals surface area contributed by atoms with E-state index >= 15 is 0 Å². The monoisotopic (exact) mass is 259 g/mol. The molecule has 7 nitrogen and oxygen atoms in total. The van der Waals surface area contributed by atoms with Gasteiger partial charge in [0.05, 0.1) is 0 Å². The van der Waals surface area contributed by atoms with E-state index in [2.05, 4.69) is 16.2 Å². The largest absolute Gasteiger partial charge is 0.444 e. The Balaban J connectivity index is 3.68. The zero-order chi connectivity index (χ0) is 14.2. The summed E-state index contributed by atoms with van der Waals surface area (Å²) in [6.07, 6.45) is -0.229. The van der Waals surface area contributed by atoms with Crippen LogP contribution in [0, 0.1) is 0 Å². The summed E-state index contributed by atoms with van der Waals surface area (Å²) in [7, 11) is 0. The van der Waals surface area contributed by atoms with Crippen molar-refractivity contribution in [1.82, 2.24) is 16.2 Å². The zero-order valence-electron chi connectivity index (χ0n) is 11.3. The minimum absolute atomic E-state index is 0.0588. The highest BCUT2D eigenvalue weighted by Crippen LogP contribution is 2.06. The van der Waals surface area contributed by atoms with Gasteiger partial charge in [-0.3, -0.25) is 20.4 Å². The highest BCUT2D eigenvalue weighted by atomic mass is 16.6. The second kappa shape index (κ2) is 7.52. The number of carbonyl (C=O) groups is 3. The van der Waals surface area contributed by atoms with Crippen LogP contribution < -0.4 is 16.2 Å². The lowest BCUT2D eigenvalue weighted by atomic mass is 10.2. The average Bonchev–Trinajstić information content (AvgIpc) is 2.23. The Bertz CT molecular complexity index is 310. The lowest BCUT2D eigenvalue weighted by Crippen LogP contribution is -2.42. The maximum atomic E-state index is 11.2. The van der Waals surface area contributed by atoms with Crippen LogP contribution >= 0.6 is 0 Å². The highest BCUT2D eigenvalue weighted by Gasteiger charge is 2.15. The standard InChI is InChI=1S/C11H21N3O4/c1-5-8(15)13-14-9(16)6-7-12-10(17)18-11(2,3)4/h5-7H2,1-4H3,(H,12,17)(H,13,15)(H,14,16). The van der Waals surface area contributed by atoms with E-state index in [0.29, 0.717) is 0 Å². The van der Waals surface area contributed by atoms with E-state index in [1.54, 1.807) is 27.7 Å². The van der Waals surface area contributed by atoms with Crippen molar-refractivity contribution >= 4 is 17.9 Å². The molecular weight excluding hydrogens is 238 g/mol. The van der Waals surface area contributed by atoms with Gasteiger partial charge in [0.25, 0.3) is 0 Å². The van der Waals surface area contributed by atoms with Crippen LogP contribution in [-0.4, -0.2) is 30.1 Å². The number of ether oxygens (including phenoxy) is 1. The van der Waals surface area contributed by atoms with Gasteiger partial charge in [-0.1, -0.05) is 6.92 Å². The van der Waals surface area contributed by atoms with Gasteiger partial charge in [-0.2, -0.15) is 0 Å². The molecule has 0 atom stereocenters. The Morgan fingerprint density at radius 1 is 1.06 bits per heavy atom. The van der Waals surface area contributed by atoms with Crippen molar-refractivity contribution in [2.75, 3.05) is 6.54 Å². The van der Waals surface area contributed by atoms with Gasteiger partial charge in [-0.15, -0.1) is 0 Å². The molecule has 104 valence electrons. The van der Waals surface area contributed by atoms with Gasteiger partial charge in [-0.05, 0) is 20.8 Å². The molecule has 0 aliphatic carbocycles. The second-order valence-electron chi connectivity index (χ2n) is 4.63. The van der Waals surface area contributed by atoms with Gasteiger partial charge in [0.1, 0.15) is 5.60 Å². The van der Waals surface area contributed by atoms with Gasteiger partial charge in [-0.25, -0.2) is 4.79 Å². The van der Waals surface area contributed by atoms with Gasteiger partial charge >= 0.3 is 6.09 Å². The summed E-state index contributed by atoms with van der Waals surface area (Å²) in [5.41, 5.74) is 3.88. The third-order valence-corrected chi connectivity index (χ3v) is 1.68. The highest BCUT2D eigenvalue weighted by molar-refractivity contribution is 5.82. The SMILES string of the molecule is CCC(=O)NNC(=O)CCNC(=O)OC(C)(C)C. The molecule has 0 fully saturated rings. The van der Waals surface area contributed by atoms with Crippen molar-refractivity contribution < 1.29 is 19.1 Å². The first-order chi connectivity index (χ1) is 8.24. The molecule has 0 radical (unpaired) electrons. The minimum Gasteiger partial charge on any atom is -0.444 e. The van der Waals surface area contributed by atoms with Gasteiger partial charge in [0.2, 0.25) is 11.8 Å². The van der Waals surface area contributed by atoms with E-state index in [1.807, 2.05) is 0 Å². The first-order valence-corrected chi connectivity index (χ1v) is 5.79. The van der Waals surface area contributed by atoms with Crippen molar-refractivity contribution in [3.8, 4) is 0 Å². The molecule has 0 aromatic heterocycles. The number of rotatable bonds is 4. The topological polar surface area (TPSA) is 96.5 Å². The van der Waals surface area contributed by atoms with E-state index in [4.69, 9.17) is 4.74 Å². The Labute approximate surface area is 107 Å². The van der Waals surface area contributed by atoms with Gasteiger partial charge < -0.3 is 10.1 Å². The molecule has 0 heterocycles. The first-order valence-electron chi connectivity index (χ1n) is 5.79. The maximum absolute atomic E-state index is 11.2. The van der Waals surface area contributed by atoms with Crippen molar-refractivity contribution in [3.63, 3.8) is 0 Å². The summed E-state index contributed by atoms with van der Waals surface area (Å²) in [5, 5.41) is 2.44. The number of carbonyl (C=O) groups excluding carboxylic acids is 3. The summed E-state index contributed by atoms with van der Waals surface area (Å²) in [6, 6.07) is 0. The number of alkyl carbamates (subject to hydrolysis) is 1. The molecule has 0 unspecified atom stereocenters. The quantitative estimate of drug-likeness (QED) is 0.639. The van der Waals surface area contributed by atoms with E-state index in [9.17, 15) is 14.4 Å². The molecule has 0 aromatic rings. The summed E-state index contributed by atoms with van der Waals surface area (Å²) in [5.74, 6) is -0.656. The van der Waals surface area contributed by atoms with Crippen molar-refractivity contribution in [2.45, 2.75) is 46.1 Å². The third kappa shape index (κ3) is 9.44.